The van der Waals surface area contributed by atoms with Crippen LogP contribution in [0.1, 0.15) is 61.9 Å². The van der Waals surface area contributed by atoms with E-state index in [0.29, 0.717) is 23.3 Å². The van der Waals surface area contributed by atoms with E-state index in [9.17, 15) is 4.79 Å². The summed E-state index contributed by atoms with van der Waals surface area (Å²) in [5.74, 6) is 2.26. The first kappa shape index (κ1) is 31.7. The van der Waals surface area contributed by atoms with Gasteiger partial charge in [0.2, 0.25) is 5.88 Å². The van der Waals surface area contributed by atoms with Crippen molar-refractivity contribution in [3.63, 3.8) is 0 Å². The number of benzene rings is 3. The maximum Gasteiger partial charge on any atom is 0.271 e. The van der Waals surface area contributed by atoms with E-state index in [2.05, 4.69) is 112 Å². The zero-order valence-electron chi connectivity index (χ0n) is 27.6. The predicted molar refractivity (Wildman–Crippen MR) is 187 cm³/mol. The molecule has 240 valence electrons. The highest BCUT2D eigenvalue weighted by atomic mass is 16.5. The Morgan fingerprint density at radius 2 is 1.23 bits per heavy atom. The summed E-state index contributed by atoms with van der Waals surface area (Å²) in [4.78, 5) is 34.2. The van der Waals surface area contributed by atoms with E-state index >= 15 is 0 Å². The van der Waals surface area contributed by atoms with Crippen molar-refractivity contribution in [1.29, 1.82) is 0 Å². The van der Waals surface area contributed by atoms with Gasteiger partial charge in [0.25, 0.3) is 5.91 Å². The molecule has 4 N–H and O–H groups in total. The van der Waals surface area contributed by atoms with Crippen LogP contribution >= 0.6 is 0 Å². The first-order valence-corrected chi connectivity index (χ1v) is 16.0. The molecule has 3 aromatic carbocycles. The molecule has 0 aliphatic carbocycles. The highest BCUT2D eigenvalue weighted by molar-refractivity contribution is 6.05. The molecule has 2 unspecified atom stereocenters. The summed E-state index contributed by atoms with van der Waals surface area (Å²) in [6, 6.07) is 26.2. The second-order valence-electron chi connectivity index (χ2n) is 12.5. The Hall–Kier alpha value is -5.28. The number of fused-ring (bicyclic) bond motifs is 1. The number of pyridine rings is 1. The average Bonchev–Trinajstić information content (AvgIpc) is 3.78. The quantitative estimate of drug-likeness (QED) is 0.117. The molecule has 0 bridgehead atoms. The molecule has 0 fully saturated rings. The fourth-order valence-corrected chi connectivity index (χ4v) is 5.97. The molecule has 47 heavy (non-hydrogen) atoms. The predicted octanol–water partition coefficient (Wildman–Crippen LogP) is 7.73. The van der Waals surface area contributed by atoms with Crippen LogP contribution in [-0.4, -0.2) is 45.0 Å². The standard InChI is InChI=1S/C38H41N7O2/c1-22(2)33(39-5)36-40-20-30(42-36)26-15-11-24(12-16-26)25-13-17-27(18-14-25)31-21-41-37(43-31)34(23(3)4)45-38(46)35-29-10-8-7-9-28(29)19-32(44-35)47-6/h7-23,33-34,39H,1-6H3,(H,40,42)(H,41,43)(H,45,46). The van der Waals surface area contributed by atoms with Crippen molar-refractivity contribution in [2.75, 3.05) is 14.2 Å². The van der Waals surface area contributed by atoms with Gasteiger partial charge < -0.3 is 25.3 Å². The zero-order chi connectivity index (χ0) is 33.1. The average molecular weight is 628 g/mol. The van der Waals surface area contributed by atoms with Gasteiger partial charge in [-0.05, 0) is 46.5 Å². The molecule has 2 atom stereocenters. The molecular formula is C38H41N7O2. The first-order valence-electron chi connectivity index (χ1n) is 16.0. The summed E-state index contributed by atoms with van der Waals surface area (Å²) in [5.41, 5.74) is 6.55. The van der Waals surface area contributed by atoms with Crippen molar-refractivity contribution in [2.24, 2.45) is 11.8 Å². The van der Waals surface area contributed by atoms with Crippen molar-refractivity contribution in [3.8, 4) is 39.5 Å². The molecule has 1 amide bonds. The SMILES string of the molecule is CNC(c1ncc(-c2ccc(-c3ccc(-c4cnc(C(NC(=O)c5nc(OC)cc6ccccc56)C(C)C)[nH]4)cc3)cc2)[nH]1)C(C)C. The van der Waals surface area contributed by atoms with Crippen LogP contribution in [0.4, 0.5) is 0 Å². The van der Waals surface area contributed by atoms with E-state index in [0.717, 1.165) is 50.2 Å². The maximum atomic E-state index is 13.6. The summed E-state index contributed by atoms with van der Waals surface area (Å²) in [6.45, 7) is 8.47. The van der Waals surface area contributed by atoms with E-state index in [1.54, 1.807) is 7.11 Å². The largest absolute Gasteiger partial charge is 0.481 e. The number of H-pyrrole nitrogens is 2. The summed E-state index contributed by atoms with van der Waals surface area (Å²) in [5, 5.41) is 8.16. The van der Waals surface area contributed by atoms with Gasteiger partial charge in [-0.3, -0.25) is 4.79 Å². The molecule has 6 aromatic rings. The fraction of sp³-hybridized carbons (Fsp3) is 0.263. The Morgan fingerprint density at radius 3 is 1.74 bits per heavy atom. The van der Waals surface area contributed by atoms with E-state index in [4.69, 9.17) is 4.74 Å². The Balaban J connectivity index is 1.17. The first-order chi connectivity index (χ1) is 22.7. The molecule has 3 heterocycles. The molecule has 3 aromatic heterocycles. The van der Waals surface area contributed by atoms with Crippen molar-refractivity contribution in [2.45, 2.75) is 39.8 Å². The minimum absolute atomic E-state index is 0.0773. The van der Waals surface area contributed by atoms with Gasteiger partial charge in [-0.1, -0.05) is 100 Å². The number of aromatic amines is 2. The number of carbonyl (C=O) groups is 1. The monoisotopic (exact) mass is 627 g/mol. The molecule has 9 nitrogen and oxygen atoms in total. The number of ether oxygens (including phenoxy) is 1. The fourth-order valence-electron chi connectivity index (χ4n) is 5.97. The molecule has 0 saturated heterocycles. The van der Waals surface area contributed by atoms with Gasteiger partial charge >= 0.3 is 0 Å². The maximum absolute atomic E-state index is 13.6. The Kier molecular flexibility index (Phi) is 9.17. The minimum atomic E-state index is -0.346. The Morgan fingerprint density at radius 1 is 0.723 bits per heavy atom. The topological polar surface area (TPSA) is 121 Å². The highest BCUT2D eigenvalue weighted by Crippen LogP contribution is 2.30. The van der Waals surface area contributed by atoms with Gasteiger partial charge in [-0.25, -0.2) is 15.0 Å². The number of carbonyl (C=O) groups excluding carboxylic acids is 1. The lowest BCUT2D eigenvalue weighted by Gasteiger charge is -2.21. The summed E-state index contributed by atoms with van der Waals surface area (Å²) in [6.07, 6.45) is 3.72. The lowest BCUT2D eigenvalue weighted by Crippen LogP contribution is -2.33. The number of hydrogen-bond donors (Lipinski definition) is 4. The lowest BCUT2D eigenvalue weighted by molar-refractivity contribution is 0.0919. The third-order valence-electron chi connectivity index (χ3n) is 8.58. The van der Waals surface area contributed by atoms with Crippen LogP contribution in [0.25, 0.3) is 44.4 Å². The van der Waals surface area contributed by atoms with Gasteiger partial charge in [0.15, 0.2) is 0 Å². The number of nitrogens with one attached hydrogen (secondary N) is 4. The van der Waals surface area contributed by atoms with Crippen molar-refractivity contribution in [1.82, 2.24) is 35.6 Å². The highest BCUT2D eigenvalue weighted by Gasteiger charge is 2.24. The third-order valence-corrected chi connectivity index (χ3v) is 8.58. The Labute approximate surface area is 275 Å². The smallest absolute Gasteiger partial charge is 0.271 e. The summed E-state index contributed by atoms with van der Waals surface area (Å²) >= 11 is 0. The van der Waals surface area contributed by atoms with Crippen LogP contribution < -0.4 is 15.4 Å². The molecule has 0 saturated carbocycles. The van der Waals surface area contributed by atoms with Gasteiger partial charge in [-0.15, -0.1) is 0 Å². The molecular weight excluding hydrogens is 586 g/mol. The minimum Gasteiger partial charge on any atom is -0.481 e. The van der Waals surface area contributed by atoms with Crippen molar-refractivity contribution in [3.05, 3.63) is 109 Å². The Bertz CT molecular complexity index is 1970. The van der Waals surface area contributed by atoms with Crippen LogP contribution in [0.5, 0.6) is 5.88 Å². The van der Waals surface area contributed by atoms with Gasteiger partial charge in [0.1, 0.15) is 17.3 Å². The number of amides is 1. The van der Waals surface area contributed by atoms with Gasteiger partial charge in [0, 0.05) is 11.5 Å². The number of aromatic nitrogens is 5. The van der Waals surface area contributed by atoms with Gasteiger partial charge in [-0.2, -0.15) is 0 Å². The molecule has 0 aliphatic heterocycles. The van der Waals surface area contributed by atoms with E-state index in [1.807, 2.05) is 49.8 Å². The summed E-state index contributed by atoms with van der Waals surface area (Å²) < 4.78 is 5.37. The zero-order valence-corrected chi connectivity index (χ0v) is 27.6. The second kappa shape index (κ2) is 13.6. The lowest BCUT2D eigenvalue weighted by atomic mass is 10.0. The van der Waals surface area contributed by atoms with E-state index < -0.39 is 0 Å². The van der Waals surface area contributed by atoms with Crippen LogP contribution in [0.15, 0.2) is 91.3 Å². The molecule has 0 aliphatic rings. The van der Waals surface area contributed by atoms with E-state index in [-0.39, 0.29) is 23.9 Å². The third kappa shape index (κ3) is 6.66. The van der Waals surface area contributed by atoms with Crippen LogP contribution in [-0.2, 0) is 0 Å². The van der Waals surface area contributed by atoms with Crippen LogP contribution in [0.3, 0.4) is 0 Å². The normalized spacial score (nSPS) is 12.9. The van der Waals surface area contributed by atoms with Crippen molar-refractivity contribution < 1.29 is 9.53 Å². The number of methoxy groups -OCH3 is 1. The van der Waals surface area contributed by atoms with Crippen molar-refractivity contribution >= 4 is 16.7 Å². The van der Waals surface area contributed by atoms with Gasteiger partial charge in [0.05, 0.1) is 43.0 Å². The molecule has 0 radical (unpaired) electrons. The summed E-state index contributed by atoms with van der Waals surface area (Å²) in [7, 11) is 3.51. The van der Waals surface area contributed by atoms with Crippen LogP contribution in [0.2, 0.25) is 0 Å². The molecule has 9 heteroatoms. The molecule has 0 spiro atoms. The second-order valence-corrected chi connectivity index (χ2v) is 12.5. The van der Waals surface area contributed by atoms with E-state index in [1.165, 1.54) is 0 Å². The number of nitrogens with zero attached hydrogens (tertiary/aromatic N) is 3. The molecule has 6 rings (SSSR count). The number of hydrogen-bond acceptors (Lipinski definition) is 6. The number of imidazole rings is 2. The van der Waals surface area contributed by atoms with Crippen LogP contribution in [0, 0.1) is 11.8 Å². The number of rotatable bonds is 11.